The van der Waals surface area contributed by atoms with E-state index >= 15 is 0 Å². The first kappa shape index (κ1) is 12.7. The highest BCUT2D eigenvalue weighted by atomic mass is 32.2. The molecular formula is C16H14F2S. The van der Waals surface area contributed by atoms with Crippen molar-refractivity contribution >= 4 is 11.8 Å². The molecule has 1 atom stereocenters. The van der Waals surface area contributed by atoms with E-state index in [1.165, 1.54) is 23.9 Å². The summed E-state index contributed by atoms with van der Waals surface area (Å²) in [5.74, 6) is 0.186. The van der Waals surface area contributed by atoms with Crippen molar-refractivity contribution in [1.82, 2.24) is 0 Å². The van der Waals surface area contributed by atoms with Gasteiger partial charge in [0.1, 0.15) is 11.6 Å². The predicted octanol–water partition coefficient (Wildman–Crippen LogP) is 5.11. The molecule has 0 spiro atoms. The molecule has 1 aliphatic heterocycles. The molecule has 0 saturated carbocycles. The Morgan fingerprint density at radius 3 is 2.63 bits per heavy atom. The lowest BCUT2D eigenvalue weighted by Crippen LogP contribution is -2.05. The van der Waals surface area contributed by atoms with Crippen LogP contribution in [-0.4, -0.2) is 0 Å². The molecule has 0 fully saturated rings. The monoisotopic (exact) mass is 276 g/mol. The second-order valence-corrected chi connectivity index (χ2v) is 5.71. The van der Waals surface area contributed by atoms with Crippen LogP contribution in [0.1, 0.15) is 36.0 Å². The first-order chi connectivity index (χ1) is 9.22. The van der Waals surface area contributed by atoms with Crippen LogP contribution in [0.2, 0.25) is 0 Å². The molecule has 0 aliphatic carbocycles. The second kappa shape index (κ2) is 4.97. The minimum atomic E-state index is -0.200. The fourth-order valence-corrected chi connectivity index (χ4v) is 3.91. The van der Waals surface area contributed by atoms with Crippen molar-refractivity contribution in [2.24, 2.45) is 0 Å². The lowest BCUT2D eigenvalue weighted by Gasteiger charge is -2.18. The van der Waals surface area contributed by atoms with E-state index in [-0.39, 0.29) is 17.6 Å². The molecule has 98 valence electrons. The Balaban J connectivity index is 2.25. The van der Waals surface area contributed by atoms with Crippen molar-refractivity contribution in [3.8, 4) is 0 Å². The van der Waals surface area contributed by atoms with Gasteiger partial charge in [0.15, 0.2) is 0 Å². The minimum absolute atomic E-state index is 0.0584. The van der Waals surface area contributed by atoms with E-state index in [9.17, 15) is 8.78 Å². The van der Waals surface area contributed by atoms with Gasteiger partial charge in [-0.25, -0.2) is 8.78 Å². The van der Waals surface area contributed by atoms with E-state index < -0.39 is 0 Å². The molecule has 0 radical (unpaired) electrons. The molecule has 3 heteroatoms. The van der Waals surface area contributed by atoms with Gasteiger partial charge in [-0.2, -0.15) is 0 Å². The molecule has 3 rings (SSSR count). The third-order valence-electron chi connectivity index (χ3n) is 3.64. The molecule has 1 heterocycles. The second-order valence-electron chi connectivity index (χ2n) is 4.72. The number of thioether (sulfide) groups is 1. The quantitative estimate of drug-likeness (QED) is 0.697. The highest BCUT2D eigenvalue weighted by molar-refractivity contribution is 7.98. The van der Waals surface area contributed by atoms with E-state index in [2.05, 4.69) is 0 Å². The van der Waals surface area contributed by atoms with Crippen molar-refractivity contribution in [3.63, 3.8) is 0 Å². The molecule has 0 saturated heterocycles. The summed E-state index contributed by atoms with van der Waals surface area (Å²) in [6.45, 7) is 2.02. The highest BCUT2D eigenvalue weighted by Crippen LogP contribution is 2.43. The van der Waals surface area contributed by atoms with E-state index in [1.807, 2.05) is 19.1 Å². The molecule has 0 bridgehead atoms. The van der Waals surface area contributed by atoms with Gasteiger partial charge >= 0.3 is 0 Å². The average molecular weight is 276 g/mol. The van der Waals surface area contributed by atoms with E-state index in [4.69, 9.17) is 0 Å². The van der Waals surface area contributed by atoms with Crippen LogP contribution < -0.4 is 0 Å². The summed E-state index contributed by atoms with van der Waals surface area (Å²) < 4.78 is 28.2. The summed E-state index contributed by atoms with van der Waals surface area (Å²) in [5.41, 5.74) is 2.63. The number of halogens is 2. The van der Waals surface area contributed by atoms with Crippen LogP contribution in [0, 0.1) is 11.6 Å². The fourth-order valence-electron chi connectivity index (χ4n) is 2.78. The Kier molecular flexibility index (Phi) is 3.31. The van der Waals surface area contributed by atoms with Crippen LogP contribution in [0.25, 0.3) is 0 Å². The van der Waals surface area contributed by atoms with E-state index in [0.29, 0.717) is 10.6 Å². The standard InChI is InChI=1S/C16H14F2S/c1-2-11-12-6-4-8-14(18)16(12)19-9-10-5-3-7-13(17)15(10)11/h3-8,11H,2,9H2,1H3/t11-/m1/s1. The normalized spacial score (nSPS) is 17.5. The van der Waals surface area contributed by atoms with Crippen LogP contribution >= 0.6 is 11.8 Å². The Labute approximate surface area is 115 Å². The first-order valence-corrected chi connectivity index (χ1v) is 7.39. The summed E-state index contributed by atoms with van der Waals surface area (Å²) in [7, 11) is 0. The number of benzene rings is 2. The van der Waals surface area contributed by atoms with Crippen molar-refractivity contribution in [2.45, 2.75) is 29.9 Å². The van der Waals surface area contributed by atoms with Crippen LogP contribution in [0.15, 0.2) is 41.3 Å². The van der Waals surface area contributed by atoms with Crippen LogP contribution in [0.3, 0.4) is 0 Å². The average Bonchev–Trinajstić information content (AvgIpc) is 2.57. The van der Waals surface area contributed by atoms with Crippen molar-refractivity contribution in [2.75, 3.05) is 0 Å². The molecule has 0 aromatic heterocycles. The maximum atomic E-state index is 14.2. The molecule has 19 heavy (non-hydrogen) atoms. The summed E-state index contributed by atoms with van der Waals surface area (Å²) in [6, 6.07) is 10.3. The number of fused-ring (bicyclic) bond motifs is 2. The zero-order valence-corrected chi connectivity index (χ0v) is 11.4. The topological polar surface area (TPSA) is 0 Å². The number of hydrogen-bond acceptors (Lipinski definition) is 1. The van der Waals surface area contributed by atoms with Gasteiger partial charge in [-0.1, -0.05) is 31.2 Å². The zero-order chi connectivity index (χ0) is 13.4. The van der Waals surface area contributed by atoms with Gasteiger partial charge in [0.05, 0.1) is 0 Å². The largest absolute Gasteiger partial charge is 0.207 e. The van der Waals surface area contributed by atoms with E-state index in [1.54, 1.807) is 12.1 Å². The van der Waals surface area contributed by atoms with E-state index in [0.717, 1.165) is 23.1 Å². The fraction of sp³-hybridized carbons (Fsp3) is 0.250. The maximum absolute atomic E-state index is 14.2. The smallest absolute Gasteiger partial charge is 0.137 e. The summed E-state index contributed by atoms with van der Waals surface area (Å²) in [4.78, 5) is 0.671. The van der Waals surface area contributed by atoms with Gasteiger partial charge in [-0.3, -0.25) is 0 Å². The summed E-state index contributed by atoms with van der Waals surface area (Å²) in [5, 5.41) is 0. The van der Waals surface area contributed by atoms with Gasteiger partial charge < -0.3 is 0 Å². The SMILES string of the molecule is CC[C@@H]1c2cccc(F)c2SCc2cccc(F)c21. The Bertz CT molecular complexity index is 622. The van der Waals surface area contributed by atoms with Crippen LogP contribution in [0.5, 0.6) is 0 Å². The Morgan fingerprint density at radius 1 is 1.11 bits per heavy atom. The lowest BCUT2D eigenvalue weighted by atomic mass is 9.86. The zero-order valence-electron chi connectivity index (χ0n) is 10.6. The van der Waals surface area contributed by atoms with Gasteiger partial charge in [0.25, 0.3) is 0 Å². The predicted molar refractivity (Wildman–Crippen MR) is 74.5 cm³/mol. The van der Waals surface area contributed by atoms with Crippen molar-refractivity contribution < 1.29 is 8.78 Å². The summed E-state index contributed by atoms with van der Waals surface area (Å²) >= 11 is 1.46. The highest BCUT2D eigenvalue weighted by Gasteiger charge is 2.26. The third-order valence-corrected chi connectivity index (χ3v) is 4.82. The molecule has 0 unspecified atom stereocenters. The maximum Gasteiger partial charge on any atom is 0.137 e. The van der Waals surface area contributed by atoms with Gasteiger partial charge in [-0.15, -0.1) is 11.8 Å². The third kappa shape index (κ3) is 2.06. The molecule has 1 aliphatic rings. The van der Waals surface area contributed by atoms with Crippen molar-refractivity contribution in [3.05, 3.63) is 64.7 Å². The first-order valence-electron chi connectivity index (χ1n) is 6.41. The minimum Gasteiger partial charge on any atom is -0.207 e. The number of hydrogen-bond donors (Lipinski definition) is 0. The molecule has 0 N–H and O–H groups in total. The van der Waals surface area contributed by atoms with Crippen molar-refractivity contribution in [1.29, 1.82) is 0 Å². The Morgan fingerprint density at radius 2 is 1.84 bits per heavy atom. The number of rotatable bonds is 1. The van der Waals surface area contributed by atoms with Gasteiger partial charge in [-0.05, 0) is 35.2 Å². The molecule has 0 amide bonds. The molecular weight excluding hydrogens is 262 g/mol. The van der Waals surface area contributed by atoms with Gasteiger partial charge in [0, 0.05) is 16.6 Å². The van der Waals surface area contributed by atoms with Crippen LogP contribution in [0.4, 0.5) is 8.78 Å². The summed E-state index contributed by atoms with van der Waals surface area (Å²) in [6.07, 6.45) is 0.769. The molecule has 2 aromatic rings. The Hall–Kier alpha value is -1.35. The molecule has 2 aromatic carbocycles. The molecule has 0 nitrogen and oxygen atoms in total. The van der Waals surface area contributed by atoms with Gasteiger partial charge in [0.2, 0.25) is 0 Å². The lowest BCUT2D eigenvalue weighted by molar-refractivity contribution is 0.574. The van der Waals surface area contributed by atoms with Crippen LogP contribution in [-0.2, 0) is 5.75 Å².